The van der Waals surface area contributed by atoms with Gasteiger partial charge in [0.2, 0.25) is 0 Å². The number of nitrogens with one attached hydrogen (secondary N) is 2. The Labute approximate surface area is 146 Å². The molecule has 124 valence electrons. The van der Waals surface area contributed by atoms with Crippen molar-refractivity contribution in [3.63, 3.8) is 0 Å². The van der Waals surface area contributed by atoms with Crippen molar-refractivity contribution < 1.29 is 4.79 Å². The zero-order chi connectivity index (χ0) is 16.4. The maximum Gasteiger partial charge on any atom is 0.315 e. The van der Waals surface area contributed by atoms with Gasteiger partial charge in [-0.05, 0) is 53.6 Å². The molecule has 2 aromatic rings. The topological polar surface area (TPSA) is 41.1 Å². The third-order valence-corrected chi connectivity index (χ3v) is 5.90. The highest BCUT2D eigenvalue weighted by Gasteiger charge is 2.19. The molecule has 4 rings (SSSR count). The van der Waals surface area contributed by atoms with Crippen molar-refractivity contribution in [3.8, 4) is 0 Å². The first-order chi connectivity index (χ1) is 11.8. The molecule has 0 spiro atoms. The van der Waals surface area contributed by atoms with Crippen LogP contribution in [-0.4, -0.2) is 24.4 Å². The smallest absolute Gasteiger partial charge is 0.315 e. The Balaban J connectivity index is 1.49. The van der Waals surface area contributed by atoms with Gasteiger partial charge < -0.3 is 10.6 Å². The Morgan fingerprint density at radius 1 is 1.21 bits per heavy atom. The van der Waals surface area contributed by atoms with E-state index in [0.717, 1.165) is 25.0 Å². The lowest BCUT2D eigenvalue weighted by molar-refractivity contribution is 0.228. The van der Waals surface area contributed by atoms with Crippen molar-refractivity contribution in [2.75, 3.05) is 12.3 Å². The number of carbonyl (C=O) groups excluding carboxylic acids is 1. The standard InChI is InChI=1S/C20H22N2OS/c23-20(22-16-6-2-7-16)21-12-11-15-5-1-4-14-9-10-18-17(19(14)15)8-3-13-24-18/h1,3-5,8-10,16H,2,6-7,11-13H2,(H2,21,22,23). The zero-order valence-electron chi connectivity index (χ0n) is 13.7. The van der Waals surface area contributed by atoms with Gasteiger partial charge in [-0.1, -0.05) is 36.4 Å². The molecule has 0 aromatic heterocycles. The molecule has 2 aromatic carbocycles. The number of carbonyl (C=O) groups is 1. The molecule has 4 heteroatoms. The van der Waals surface area contributed by atoms with Crippen LogP contribution in [0.5, 0.6) is 0 Å². The molecule has 0 radical (unpaired) electrons. The quantitative estimate of drug-likeness (QED) is 0.870. The minimum absolute atomic E-state index is 0.0302. The second-order valence-corrected chi connectivity index (χ2v) is 7.55. The van der Waals surface area contributed by atoms with E-state index in [2.05, 4.69) is 53.1 Å². The maximum atomic E-state index is 11.9. The highest BCUT2D eigenvalue weighted by molar-refractivity contribution is 7.99. The van der Waals surface area contributed by atoms with E-state index in [0.29, 0.717) is 12.6 Å². The van der Waals surface area contributed by atoms with Gasteiger partial charge in [-0.25, -0.2) is 4.79 Å². The lowest BCUT2D eigenvalue weighted by atomic mass is 9.93. The molecule has 2 aliphatic rings. The highest BCUT2D eigenvalue weighted by Crippen LogP contribution is 2.35. The van der Waals surface area contributed by atoms with Crippen molar-refractivity contribution in [2.45, 2.75) is 36.6 Å². The number of fused-ring (bicyclic) bond motifs is 3. The summed E-state index contributed by atoms with van der Waals surface area (Å²) in [6, 6.07) is 11.2. The molecule has 1 aliphatic carbocycles. The van der Waals surface area contributed by atoms with Gasteiger partial charge in [0.1, 0.15) is 0 Å². The molecular weight excluding hydrogens is 316 g/mol. The van der Waals surface area contributed by atoms with Crippen LogP contribution in [0.4, 0.5) is 4.79 Å². The van der Waals surface area contributed by atoms with Crippen molar-refractivity contribution >= 4 is 34.6 Å². The molecule has 1 saturated carbocycles. The van der Waals surface area contributed by atoms with Crippen LogP contribution in [0, 0.1) is 0 Å². The largest absolute Gasteiger partial charge is 0.338 e. The molecule has 0 atom stereocenters. The van der Waals surface area contributed by atoms with Crippen LogP contribution in [0.25, 0.3) is 16.8 Å². The van der Waals surface area contributed by atoms with E-state index >= 15 is 0 Å². The molecule has 1 aliphatic heterocycles. The van der Waals surface area contributed by atoms with E-state index < -0.39 is 0 Å². The number of amides is 2. The number of hydrogen-bond donors (Lipinski definition) is 2. The third kappa shape index (κ3) is 3.16. The molecule has 0 bridgehead atoms. The van der Waals surface area contributed by atoms with Gasteiger partial charge in [0.25, 0.3) is 0 Å². The van der Waals surface area contributed by atoms with Gasteiger partial charge in [-0.2, -0.15) is 0 Å². The number of benzene rings is 2. The van der Waals surface area contributed by atoms with Gasteiger partial charge >= 0.3 is 6.03 Å². The first-order valence-corrected chi connectivity index (χ1v) is 9.68. The van der Waals surface area contributed by atoms with E-state index in [1.807, 2.05) is 11.8 Å². The van der Waals surface area contributed by atoms with Crippen LogP contribution < -0.4 is 10.6 Å². The summed E-state index contributed by atoms with van der Waals surface area (Å²) in [5.74, 6) is 1.05. The average Bonchev–Trinajstić information content (AvgIpc) is 2.58. The average molecular weight is 338 g/mol. The molecule has 0 saturated heterocycles. The number of hydrogen-bond acceptors (Lipinski definition) is 2. The Morgan fingerprint density at radius 3 is 2.96 bits per heavy atom. The van der Waals surface area contributed by atoms with Gasteiger partial charge in [0, 0.05) is 23.2 Å². The third-order valence-electron chi connectivity index (χ3n) is 4.87. The molecule has 2 N–H and O–H groups in total. The predicted octanol–water partition coefficient (Wildman–Crippen LogP) is 4.35. The van der Waals surface area contributed by atoms with E-state index in [1.165, 1.54) is 33.2 Å². The van der Waals surface area contributed by atoms with Crippen LogP contribution in [0.15, 0.2) is 41.3 Å². The number of rotatable bonds is 4. The highest BCUT2D eigenvalue weighted by atomic mass is 32.2. The molecule has 24 heavy (non-hydrogen) atoms. The lowest BCUT2D eigenvalue weighted by Gasteiger charge is -2.26. The van der Waals surface area contributed by atoms with Crippen LogP contribution in [0.2, 0.25) is 0 Å². The number of urea groups is 1. The van der Waals surface area contributed by atoms with Crippen molar-refractivity contribution in [1.82, 2.24) is 10.6 Å². The first kappa shape index (κ1) is 15.6. The van der Waals surface area contributed by atoms with Gasteiger partial charge in [-0.15, -0.1) is 11.8 Å². The van der Waals surface area contributed by atoms with E-state index in [1.54, 1.807) is 0 Å². The summed E-state index contributed by atoms with van der Waals surface area (Å²) in [5, 5.41) is 8.64. The van der Waals surface area contributed by atoms with Crippen LogP contribution in [-0.2, 0) is 6.42 Å². The monoisotopic (exact) mass is 338 g/mol. The molecular formula is C20H22N2OS. The van der Waals surface area contributed by atoms with E-state index in [9.17, 15) is 4.79 Å². The van der Waals surface area contributed by atoms with Crippen LogP contribution in [0.1, 0.15) is 30.4 Å². The van der Waals surface area contributed by atoms with Crippen LogP contribution in [0.3, 0.4) is 0 Å². The first-order valence-electron chi connectivity index (χ1n) is 8.69. The molecule has 1 fully saturated rings. The second kappa shape index (κ2) is 6.89. The van der Waals surface area contributed by atoms with Gasteiger partial charge in [-0.3, -0.25) is 0 Å². The summed E-state index contributed by atoms with van der Waals surface area (Å²) in [6.45, 7) is 0.665. The molecule has 1 heterocycles. The Hall–Kier alpha value is -1.94. The van der Waals surface area contributed by atoms with Gasteiger partial charge in [0.15, 0.2) is 0 Å². The normalized spacial score (nSPS) is 16.5. The Bertz CT molecular complexity index is 796. The van der Waals surface area contributed by atoms with Crippen molar-refractivity contribution in [3.05, 3.63) is 47.5 Å². The van der Waals surface area contributed by atoms with Crippen molar-refractivity contribution in [2.24, 2.45) is 0 Å². The minimum atomic E-state index is -0.0302. The Kier molecular flexibility index (Phi) is 4.48. The van der Waals surface area contributed by atoms with Crippen LogP contribution >= 0.6 is 11.8 Å². The fourth-order valence-corrected chi connectivity index (χ4v) is 4.23. The van der Waals surface area contributed by atoms with E-state index in [4.69, 9.17) is 0 Å². The predicted molar refractivity (Wildman–Crippen MR) is 102 cm³/mol. The number of thioether (sulfide) groups is 1. The fourth-order valence-electron chi connectivity index (χ4n) is 3.37. The molecule has 2 amide bonds. The Morgan fingerprint density at radius 2 is 2.12 bits per heavy atom. The summed E-state index contributed by atoms with van der Waals surface area (Å²) < 4.78 is 0. The summed E-state index contributed by atoms with van der Waals surface area (Å²) in [5.41, 5.74) is 2.64. The SMILES string of the molecule is O=C(NCCc1cccc2ccc3c(c12)C=CCS3)NC1CCC1. The summed E-state index contributed by atoms with van der Waals surface area (Å²) in [6.07, 6.45) is 8.80. The summed E-state index contributed by atoms with van der Waals surface area (Å²) in [7, 11) is 0. The molecule has 3 nitrogen and oxygen atoms in total. The summed E-state index contributed by atoms with van der Waals surface area (Å²) >= 11 is 1.89. The fraction of sp³-hybridized carbons (Fsp3) is 0.350. The summed E-state index contributed by atoms with van der Waals surface area (Å²) in [4.78, 5) is 13.3. The molecule has 0 unspecified atom stereocenters. The maximum absolute atomic E-state index is 11.9. The van der Waals surface area contributed by atoms with Crippen molar-refractivity contribution in [1.29, 1.82) is 0 Å². The lowest BCUT2D eigenvalue weighted by Crippen LogP contribution is -2.45. The zero-order valence-corrected chi connectivity index (χ0v) is 14.5. The second-order valence-electron chi connectivity index (χ2n) is 6.48. The van der Waals surface area contributed by atoms with E-state index in [-0.39, 0.29) is 6.03 Å². The minimum Gasteiger partial charge on any atom is -0.338 e. The van der Waals surface area contributed by atoms with Gasteiger partial charge in [0.05, 0.1) is 0 Å².